The Morgan fingerprint density at radius 3 is 2.59 bits per heavy atom. The molecule has 2 rings (SSSR count). The van der Waals surface area contributed by atoms with Gasteiger partial charge in [-0.15, -0.1) is 0 Å². The Balaban J connectivity index is 2.55. The summed E-state index contributed by atoms with van der Waals surface area (Å²) < 4.78 is 38.6. The van der Waals surface area contributed by atoms with Crippen LogP contribution in [0.2, 0.25) is 0 Å². The Morgan fingerprint density at radius 1 is 1.24 bits per heavy atom. The highest BCUT2D eigenvalue weighted by molar-refractivity contribution is 5.83. The van der Waals surface area contributed by atoms with E-state index >= 15 is 0 Å². The second kappa shape index (κ2) is 4.69. The molecule has 0 saturated carbocycles. The number of alkyl halides is 3. The van der Waals surface area contributed by atoms with E-state index < -0.39 is 26.2 Å². The van der Waals surface area contributed by atoms with Gasteiger partial charge < -0.3 is 10.6 Å². The molecule has 0 spiro atoms. The summed E-state index contributed by atoms with van der Waals surface area (Å²) in [6.07, 6.45) is 1.43. The third kappa shape index (κ3) is 1.97. The maximum absolute atomic E-state index is 13.0. The van der Waals surface area contributed by atoms with E-state index in [0.717, 1.165) is 0 Å². The average Bonchev–Trinajstić information content (AvgIpc) is 2.36. The molecular weight excluding hydrogens is 229 g/mol. The molecule has 1 aromatic carbocycles. The molecule has 17 heavy (non-hydrogen) atoms. The number of benzene rings is 1. The highest BCUT2D eigenvalue weighted by Gasteiger charge is 2.26. The lowest BCUT2D eigenvalue weighted by Crippen LogP contribution is -2.38. The van der Waals surface area contributed by atoms with Crippen LogP contribution in [0.15, 0.2) is 24.3 Å². The third-order valence-electron chi connectivity index (χ3n) is 2.90. The van der Waals surface area contributed by atoms with Gasteiger partial charge in [0.1, 0.15) is 13.3 Å². The van der Waals surface area contributed by atoms with Crippen LogP contribution in [0.4, 0.5) is 24.5 Å². The number of nitrogens with zero attached hydrogens (tertiary/aromatic N) is 1. The van der Waals surface area contributed by atoms with E-state index in [1.54, 1.807) is 18.2 Å². The first-order chi connectivity index (χ1) is 8.21. The van der Waals surface area contributed by atoms with E-state index in [0.29, 0.717) is 22.5 Å². The van der Waals surface area contributed by atoms with Crippen molar-refractivity contribution in [2.24, 2.45) is 0 Å². The van der Waals surface area contributed by atoms with Crippen LogP contribution in [-0.2, 0) is 0 Å². The van der Waals surface area contributed by atoms with Gasteiger partial charge in [-0.2, -0.15) is 0 Å². The SMILES string of the molecule is Nc1ccc2c(c1)N(CF)C(CF)C=C2CF. The Labute approximate surface area is 97.5 Å². The summed E-state index contributed by atoms with van der Waals surface area (Å²) in [5, 5.41) is 0. The van der Waals surface area contributed by atoms with Crippen LogP contribution in [0.1, 0.15) is 5.56 Å². The Bertz CT molecular complexity index is 445. The summed E-state index contributed by atoms with van der Waals surface area (Å²) in [5.41, 5.74) is 7.47. The lowest BCUT2D eigenvalue weighted by molar-refractivity contribution is 0.394. The number of hydrogen-bond acceptors (Lipinski definition) is 2. The lowest BCUT2D eigenvalue weighted by atomic mass is 9.96. The van der Waals surface area contributed by atoms with Crippen molar-refractivity contribution in [1.29, 1.82) is 0 Å². The fourth-order valence-electron chi connectivity index (χ4n) is 2.05. The lowest BCUT2D eigenvalue weighted by Gasteiger charge is -2.34. The van der Waals surface area contributed by atoms with Crippen molar-refractivity contribution in [3.63, 3.8) is 0 Å². The van der Waals surface area contributed by atoms with Crippen molar-refractivity contribution in [2.45, 2.75) is 6.04 Å². The number of nitrogen functional groups attached to an aromatic ring is 1. The minimum atomic E-state index is -0.832. The topological polar surface area (TPSA) is 29.3 Å². The summed E-state index contributed by atoms with van der Waals surface area (Å²) in [7, 11) is 0. The second-order valence-corrected chi connectivity index (χ2v) is 3.91. The van der Waals surface area contributed by atoms with Gasteiger partial charge in [-0.25, -0.2) is 13.2 Å². The zero-order valence-corrected chi connectivity index (χ0v) is 9.17. The Hall–Kier alpha value is -1.65. The molecule has 1 atom stereocenters. The smallest absolute Gasteiger partial charge is 0.162 e. The summed E-state index contributed by atoms with van der Waals surface area (Å²) in [5.74, 6) is 0. The van der Waals surface area contributed by atoms with Crippen LogP contribution in [0, 0.1) is 0 Å². The minimum absolute atomic E-state index is 0.382. The van der Waals surface area contributed by atoms with Crippen molar-refractivity contribution in [3.05, 3.63) is 29.8 Å². The molecule has 0 bridgehead atoms. The van der Waals surface area contributed by atoms with E-state index in [1.165, 1.54) is 11.0 Å². The van der Waals surface area contributed by atoms with Gasteiger partial charge in [-0.05, 0) is 17.7 Å². The molecule has 0 aromatic heterocycles. The van der Waals surface area contributed by atoms with Crippen LogP contribution in [0.25, 0.3) is 5.57 Å². The number of nitrogens with two attached hydrogens (primary N) is 1. The second-order valence-electron chi connectivity index (χ2n) is 3.91. The quantitative estimate of drug-likeness (QED) is 0.652. The van der Waals surface area contributed by atoms with Crippen molar-refractivity contribution in [3.8, 4) is 0 Å². The van der Waals surface area contributed by atoms with Crippen LogP contribution >= 0.6 is 0 Å². The summed E-state index contributed by atoms with van der Waals surface area (Å²) in [6, 6.07) is 4.03. The number of allylic oxidation sites excluding steroid dienone is 1. The number of hydrogen-bond donors (Lipinski definition) is 1. The predicted molar refractivity (Wildman–Crippen MR) is 63.0 cm³/mol. The molecule has 1 heterocycles. The van der Waals surface area contributed by atoms with Gasteiger partial charge in [-0.1, -0.05) is 12.1 Å². The molecular formula is C12H13F3N2. The van der Waals surface area contributed by atoms with Crippen LogP contribution < -0.4 is 10.6 Å². The molecule has 92 valence electrons. The van der Waals surface area contributed by atoms with Crippen molar-refractivity contribution >= 4 is 16.9 Å². The maximum Gasteiger partial charge on any atom is 0.162 e. The fourth-order valence-corrected chi connectivity index (χ4v) is 2.05. The predicted octanol–water partition coefficient (Wildman–Crippen LogP) is 2.71. The third-order valence-corrected chi connectivity index (χ3v) is 2.90. The van der Waals surface area contributed by atoms with Gasteiger partial charge in [0.15, 0.2) is 6.80 Å². The molecule has 0 aliphatic carbocycles. The van der Waals surface area contributed by atoms with E-state index in [9.17, 15) is 13.2 Å². The zero-order chi connectivity index (χ0) is 12.4. The first-order valence-corrected chi connectivity index (χ1v) is 5.26. The Kier molecular flexibility index (Phi) is 3.26. The molecule has 2 nitrogen and oxygen atoms in total. The molecule has 1 aliphatic rings. The van der Waals surface area contributed by atoms with Crippen LogP contribution in [-0.4, -0.2) is 26.2 Å². The number of rotatable bonds is 3. The van der Waals surface area contributed by atoms with Gasteiger partial charge >= 0.3 is 0 Å². The molecule has 0 saturated heterocycles. The normalized spacial score (nSPS) is 18.9. The van der Waals surface area contributed by atoms with E-state index in [2.05, 4.69) is 0 Å². The zero-order valence-electron chi connectivity index (χ0n) is 9.17. The molecule has 0 fully saturated rings. The molecule has 2 N–H and O–H groups in total. The fraction of sp³-hybridized carbons (Fsp3) is 0.333. The standard InChI is InChI=1S/C12H13F3N2/c13-5-8-3-10(6-14)17(7-15)12-4-9(16)1-2-11(8)12/h1-4,10H,5-7,16H2. The van der Waals surface area contributed by atoms with Crippen molar-refractivity contribution in [2.75, 3.05) is 30.8 Å². The molecule has 1 aliphatic heterocycles. The highest BCUT2D eigenvalue weighted by atomic mass is 19.1. The molecule has 5 heteroatoms. The van der Waals surface area contributed by atoms with Gasteiger partial charge in [0.05, 0.1) is 6.04 Å². The van der Waals surface area contributed by atoms with Gasteiger partial charge in [0.25, 0.3) is 0 Å². The monoisotopic (exact) mass is 242 g/mol. The van der Waals surface area contributed by atoms with Gasteiger partial charge in [-0.3, -0.25) is 0 Å². The minimum Gasteiger partial charge on any atom is -0.399 e. The van der Waals surface area contributed by atoms with Gasteiger partial charge in [0, 0.05) is 16.9 Å². The number of fused-ring (bicyclic) bond motifs is 1. The first-order valence-electron chi connectivity index (χ1n) is 5.26. The molecule has 1 aromatic rings. The molecule has 1 unspecified atom stereocenters. The van der Waals surface area contributed by atoms with Crippen molar-refractivity contribution < 1.29 is 13.2 Å². The van der Waals surface area contributed by atoms with E-state index in [1.807, 2.05) is 0 Å². The summed E-state index contributed by atoms with van der Waals surface area (Å²) >= 11 is 0. The van der Waals surface area contributed by atoms with E-state index in [-0.39, 0.29) is 0 Å². The number of anilines is 2. The largest absolute Gasteiger partial charge is 0.399 e. The summed E-state index contributed by atoms with van der Waals surface area (Å²) in [4.78, 5) is 1.24. The Morgan fingerprint density at radius 2 is 2.00 bits per heavy atom. The summed E-state index contributed by atoms with van der Waals surface area (Å²) in [6.45, 7) is -2.30. The average molecular weight is 242 g/mol. The number of halogens is 3. The first kappa shape index (κ1) is 11.8. The van der Waals surface area contributed by atoms with Gasteiger partial charge in [0.2, 0.25) is 0 Å². The van der Waals surface area contributed by atoms with Crippen LogP contribution in [0.3, 0.4) is 0 Å². The van der Waals surface area contributed by atoms with Crippen molar-refractivity contribution in [1.82, 2.24) is 0 Å². The van der Waals surface area contributed by atoms with E-state index in [4.69, 9.17) is 5.73 Å². The molecule has 0 amide bonds. The van der Waals surface area contributed by atoms with Crippen LogP contribution in [0.5, 0.6) is 0 Å². The highest BCUT2D eigenvalue weighted by Crippen LogP contribution is 2.35. The maximum atomic E-state index is 13.0. The molecule has 0 radical (unpaired) electrons.